The molecule has 0 spiro atoms. The minimum Gasteiger partial charge on any atom is -0.439 e. The Bertz CT molecular complexity index is 605. The van der Waals surface area contributed by atoms with Crippen LogP contribution in [0.25, 0.3) is 0 Å². The minimum absolute atomic E-state index is 0.0141. The molecule has 0 fully saturated rings. The van der Waals surface area contributed by atoms with Gasteiger partial charge in [-0.15, -0.1) is 0 Å². The van der Waals surface area contributed by atoms with Gasteiger partial charge in [-0.2, -0.15) is 18.3 Å². The van der Waals surface area contributed by atoms with Gasteiger partial charge in [0.05, 0.1) is 0 Å². The van der Waals surface area contributed by atoms with Crippen molar-refractivity contribution in [2.45, 2.75) is 13.1 Å². The van der Waals surface area contributed by atoms with Gasteiger partial charge in [0.2, 0.25) is 5.88 Å². The molecule has 0 aliphatic carbocycles. The fourth-order valence-corrected chi connectivity index (χ4v) is 1.58. The Hall–Kier alpha value is -2.18. The Morgan fingerprint density at radius 1 is 1.26 bits per heavy atom. The van der Waals surface area contributed by atoms with E-state index in [1.165, 1.54) is 7.05 Å². The van der Waals surface area contributed by atoms with Crippen LogP contribution in [0, 0.1) is 6.92 Å². The smallest absolute Gasteiger partial charge is 0.435 e. The zero-order valence-electron chi connectivity index (χ0n) is 10.3. The first kappa shape index (κ1) is 13.3. The van der Waals surface area contributed by atoms with Crippen LogP contribution >= 0.6 is 0 Å². The number of halogens is 3. The molecule has 1 aromatic heterocycles. The average molecular weight is 271 g/mol. The van der Waals surface area contributed by atoms with Crippen LogP contribution in [0.15, 0.2) is 24.3 Å². The molecule has 0 saturated carbocycles. The third-order valence-electron chi connectivity index (χ3n) is 2.54. The second-order valence-corrected chi connectivity index (χ2v) is 4.12. The Balaban J connectivity index is 2.31. The lowest BCUT2D eigenvalue weighted by molar-refractivity contribution is -0.141. The predicted molar refractivity (Wildman–Crippen MR) is 63.9 cm³/mol. The van der Waals surface area contributed by atoms with Crippen LogP contribution in [0.5, 0.6) is 11.6 Å². The maximum Gasteiger partial charge on any atom is 0.435 e. The van der Waals surface area contributed by atoms with E-state index in [4.69, 9.17) is 10.5 Å². The van der Waals surface area contributed by atoms with Crippen molar-refractivity contribution in [2.24, 2.45) is 7.05 Å². The van der Waals surface area contributed by atoms with Crippen molar-refractivity contribution in [1.29, 1.82) is 0 Å². The number of ether oxygens (including phenoxy) is 1. The van der Waals surface area contributed by atoms with Gasteiger partial charge in [0, 0.05) is 18.8 Å². The molecule has 0 atom stereocenters. The number of benzene rings is 1. The van der Waals surface area contributed by atoms with Crippen LogP contribution in [0.2, 0.25) is 0 Å². The van der Waals surface area contributed by atoms with Gasteiger partial charge in [0.25, 0.3) is 0 Å². The standard InChI is InChI=1S/C12H12F3N3O/c1-7-5-8(16)3-4-9(7)19-11-6-10(12(13,14)15)17-18(11)2/h3-6H,16H2,1-2H3. The van der Waals surface area contributed by atoms with Crippen molar-refractivity contribution >= 4 is 5.69 Å². The van der Waals surface area contributed by atoms with E-state index in [1.54, 1.807) is 25.1 Å². The molecule has 0 aliphatic rings. The second-order valence-electron chi connectivity index (χ2n) is 4.12. The van der Waals surface area contributed by atoms with E-state index in [0.717, 1.165) is 16.3 Å². The molecule has 1 aromatic carbocycles. The number of nitrogen functional groups attached to an aromatic ring is 1. The molecule has 2 rings (SSSR count). The molecule has 1 heterocycles. The summed E-state index contributed by atoms with van der Waals surface area (Å²) in [5, 5.41) is 3.37. The molecular weight excluding hydrogens is 259 g/mol. The molecule has 4 nitrogen and oxygen atoms in total. The van der Waals surface area contributed by atoms with Crippen molar-refractivity contribution in [2.75, 3.05) is 5.73 Å². The summed E-state index contributed by atoms with van der Waals surface area (Å²) in [4.78, 5) is 0. The zero-order valence-corrected chi connectivity index (χ0v) is 10.3. The Kier molecular flexibility index (Phi) is 3.13. The summed E-state index contributed by atoms with van der Waals surface area (Å²) < 4.78 is 44.0. The minimum atomic E-state index is -4.49. The third kappa shape index (κ3) is 2.81. The van der Waals surface area contributed by atoms with E-state index in [0.29, 0.717) is 11.4 Å². The van der Waals surface area contributed by atoms with E-state index in [2.05, 4.69) is 5.10 Å². The summed E-state index contributed by atoms with van der Waals surface area (Å²) in [6.07, 6.45) is -4.49. The Labute approximate surface area is 107 Å². The van der Waals surface area contributed by atoms with Crippen LogP contribution in [0.4, 0.5) is 18.9 Å². The van der Waals surface area contributed by atoms with E-state index in [-0.39, 0.29) is 5.88 Å². The van der Waals surface area contributed by atoms with Gasteiger partial charge in [-0.3, -0.25) is 0 Å². The molecule has 0 aliphatic heterocycles. The van der Waals surface area contributed by atoms with E-state index >= 15 is 0 Å². The quantitative estimate of drug-likeness (QED) is 0.854. The first-order valence-corrected chi connectivity index (χ1v) is 5.42. The highest BCUT2D eigenvalue weighted by molar-refractivity contribution is 5.48. The molecule has 2 N–H and O–H groups in total. The summed E-state index contributed by atoms with van der Waals surface area (Å²) in [6, 6.07) is 5.75. The number of nitrogens with two attached hydrogens (primary N) is 1. The first-order chi connectivity index (χ1) is 8.77. The summed E-state index contributed by atoms with van der Waals surface area (Å²) >= 11 is 0. The number of alkyl halides is 3. The van der Waals surface area contributed by atoms with E-state index in [9.17, 15) is 13.2 Å². The van der Waals surface area contributed by atoms with Crippen molar-refractivity contribution in [3.05, 3.63) is 35.5 Å². The molecule has 0 unspecified atom stereocenters. The third-order valence-corrected chi connectivity index (χ3v) is 2.54. The van der Waals surface area contributed by atoms with Gasteiger partial charge in [-0.05, 0) is 30.7 Å². The van der Waals surface area contributed by atoms with Crippen LogP contribution < -0.4 is 10.5 Å². The molecule has 0 amide bonds. The van der Waals surface area contributed by atoms with Crippen molar-refractivity contribution < 1.29 is 17.9 Å². The molecule has 102 valence electrons. The average Bonchev–Trinajstić information content (AvgIpc) is 2.64. The summed E-state index contributed by atoms with van der Waals surface area (Å²) in [6.45, 7) is 1.76. The Morgan fingerprint density at radius 2 is 1.95 bits per heavy atom. The summed E-state index contributed by atoms with van der Waals surface area (Å²) in [7, 11) is 1.39. The molecule has 7 heteroatoms. The predicted octanol–water partition coefficient (Wildman–Crippen LogP) is 3.12. The van der Waals surface area contributed by atoms with Gasteiger partial charge in [-0.1, -0.05) is 0 Å². The number of anilines is 1. The highest BCUT2D eigenvalue weighted by Crippen LogP contribution is 2.32. The molecule has 0 bridgehead atoms. The van der Waals surface area contributed by atoms with Crippen molar-refractivity contribution in [1.82, 2.24) is 9.78 Å². The van der Waals surface area contributed by atoms with Crippen LogP contribution in [0.1, 0.15) is 11.3 Å². The molecule has 2 aromatic rings. The SMILES string of the molecule is Cc1cc(N)ccc1Oc1cc(C(F)(F)F)nn1C. The second kappa shape index (κ2) is 4.49. The van der Waals surface area contributed by atoms with Gasteiger partial charge in [0.15, 0.2) is 5.69 Å². The maximum absolute atomic E-state index is 12.5. The van der Waals surface area contributed by atoms with Crippen molar-refractivity contribution in [3.8, 4) is 11.6 Å². The number of nitrogens with zero attached hydrogens (tertiary/aromatic N) is 2. The van der Waals surface area contributed by atoms with E-state index < -0.39 is 11.9 Å². The van der Waals surface area contributed by atoms with E-state index in [1.807, 2.05) is 0 Å². The monoisotopic (exact) mass is 271 g/mol. The number of hydrogen-bond donors (Lipinski definition) is 1. The number of aryl methyl sites for hydroxylation is 2. The lowest BCUT2D eigenvalue weighted by atomic mass is 10.2. The normalized spacial score (nSPS) is 11.6. The molecule has 19 heavy (non-hydrogen) atoms. The highest BCUT2D eigenvalue weighted by Gasteiger charge is 2.35. The zero-order chi connectivity index (χ0) is 14.2. The fourth-order valence-electron chi connectivity index (χ4n) is 1.58. The lowest BCUT2D eigenvalue weighted by Gasteiger charge is -2.08. The molecule has 0 radical (unpaired) electrons. The largest absolute Gasteiger partial charge is 0.439 e. The van der Waals surface area contributed by atoms with Crippen LogP contribution in [-0.4, -0.2) is 9.78 Å². The van der Waals surface area contributed by atoms with Gasteiger partial charge < -0.3 is 10.5 Å². The number of hydrogen-bond acceptors (Lipinski definition) is 3. The summed E-state index contributed by atoms with van der Waals surface area (Å²) in [5.41, 5.74) is 5.89. The topological polar surface area (TPSA) is 53.1 Å². The van der Waals surface area contributed by atoms with Gasteiger partial charge in [-0.25, -0.2) is 4.68 Å². The van der Waals surface area contributed by atoms with Gasteiger partial charge >= 0.3 is 6.18 Å². The Morgan fingerprint density at radius 3 is 2.47 bits per heavy atom. The van der Waals surface area contributed by atoms with Crippen molar-refractivity contribution in [3.63, 3.8) is 0 Å². The van der Waals surface area contributed by atoms with Crippen LogP contribution in [-0.2, 0) is 13.2 Å². The lowest BCUT2D eigenvalue weighted by Crippen LogP contribution is -2.06. The maximum atomic E-state index is 12.5. The molecule has 0 saturated heterocycles. The highest BCUT2D eigenvalue weighted by atomic mass is 19.4. The first-order valence-electron chi connectivity index (χ1n) is 5.42. The fraction of sp³-hybridized carbons (Fsp3) is 0.250. The van der Waals surface area contributed by atoms with Gasteiger partial charge in [0.1, 0.15) is 5.75 Å². The number of aromatic nitrogens is 2. The van der Waals surface area contributed by atoms with Crippen LogP contribution in [0.3, 0.4) is 0 Å². The number of rotatable bonds is 2. The molecular formula is C12H12F3N3O. The summed E-state index contributed by atoms with van der Waals surface area (Å²) in [5.74, 6) is 0.450.